The van der Waals surface area contributed by atoms with Gasteiger partial charge in [-0.15, -0.1) is 0 Å². The number of nitrogens with one attached hydrogen (secondary N) is 1. The Morgan fingerprint density at radius 3 is 2.56 bits per heavy atom. The number of para-hydroxylation sites is 1. The second-order valence-corrected chi connectivity index (χ2v) is 11.4. The van der Waals surface area contributed by atoms with Crippen molar-refractivity contribution in [3.05, 3.63) is 66.2 Å². The van der Waals surface area contributed by atoms with Crippen LogP contribution in [0.5, 0.6) is 0 Å². The Hall–Kier alpha value is -3.10. The van der Waals surface area contributed by atoms with Crippen LogP contribution in [0.1, 0.15) is 43.5 Å². The molecule has 2 saturated carbocycles. The molecule has 7 nitrogen and oxygen atoms in total. The van der Waals surface area contributed by atoms with E-state index in [0.29, 0.717) is 40.7 Å². The molecule has 1 heterocycles. The zero-order valence-electron chi connectivity index (χ0n) is 19.2. The summed E-state index contributed by atoms with van der Waals surface area (Å²) in [6.07, 6.45) is 2.11. The molecule has 5 rings (SSSR count). The van der Waals surface area contributed by atoms with Gasteiger partial charge < -0.3 is 0 Å². The number of pyridine rings is 1. The third-order valence-electron chi connectivity index (χ3n) is 7.92. The molecule has 0 unspecified atom stereocenters. The van der Waals surface area contributed by atoms with Gasteiger partial charge >= 0.3 is 0 Å². The van der Waals surface area contributed by atoms with Crippen molar-refractivity contribution >= 4 is 32.6 Å². The smallest absolute Gasteiger partial charge is 0.272 e. The molecule has 34 heavy (non-hydrogen) atoms. The quantitative estimate of drug-likeness (QED) is 0.409. The van der Waals surface area contributed by atoms with Gasteiger partial charge in [0.15, 0.2) is 0 Å². The molecule has 2 atom stereocenters. The molecular formula is C26H27N3O4S. The SMILES string of the molecule is CC1(C)[C@H]2CC[C@@]1(CS(=O)(=O)O)/C(=N/NC(=O)c1cc(-c3ccccc3)nc3ccccc13)C2. The number of hydrogen-bond donors (Lipinski definition) is 2. The molecule has 2 aromatic carbocycles. The van der Waals surface area contributed by atoms with Crippen LogP contribution in [0.2, 0.25) is 0 Å². The lowest BCUT2D eigenvalue weighted by molar-refractivity contribution is 0.0955. The fourth-order valence-corrected chi connectivity index (χ4v) is 7.21. The Bertz CT molecular complexity index is 1420. The highest BCUT2D eigenvalue weighted by Gasteiger charge is 2.64. The minimum atomic E-state index is -4.21. The number of carbonyl (C=O) groups is 1. The molecule has 2 N–H and O–H groups in total. The van der Waals surface area contributed by atoms with E-state index in [1.165, 1.54) is 0 Å². The van der Waals surface area contributed by atoms with Crippen LogP contribution in [0.25, 0.3) is 22.2 Å². The van der Waals surface area contributed by atoms with Gasteiger partial charge in [-0.2, -0.15) is 13.5 Å². The lowest BCUT2D eigenvalue weighted by atomic mass is 9.70. The summed E-state index contributed by atoms with van der Waals surface area (Å²) in [6, 6.07) is 18.8. The van der Waals surface area contributed by atoms with E-state index < -0.39 is 15.5 Å². The van der Waals surface area contributed by atoms with E-state index in [9.17, 15) is 17.8 Å². The number of nitrogens with zero attached hydrogens (tertiary/aromatic N) is 2. The maximum absolute atomic E-state index is 13.3. The summed E-state index contributed by atoms with van der Waals surface area (Å²) < 4.78 is 33.5. The summed E-state index contributed by atoms with van der Waals surface area (Å²) in [6.45, 7) is 4.06. The molecule has 8 heteroatoms. The first-order chi connectivity index (χ1) is 16.1. The summed E-state index contributed by atoms with van der Waals surface area (Å²) >= 11 is 0. The highest BCUT2D eigenvalue weighted by Crippen LogP contribution is 2.64. The number of hydrazone groups is 1. The first-order valence-corrected chi connectivity index (χ1v) is 13.0. The molecule has 0 aliphatic heterocycles. The zero-order valence-corrected chi connectivity index (χ0v) is 20.0. The summed E-state index contributed by atoms with van der Waals surface area (Å²) in [5.74, 6) is -0.503. The van der Waals surface area contributed by atoms with E-state index in [1.54, 1.807) is 6.07 Å². The molecule has 3 aromatic rings. The van der Waals surface area contributed by atoms with Crippen molar-refractivity contribution in [3.63, 3.8) is 0 Å². The average molecular weight is 478 g/mol. The van der Waals surface area contributed by atoms with Crippen LogP contribution in [-0.4, -0.2) is 35.3 Å². The maximum Gasteiger partial charge on any atom is 0.272 e. The summed E-state index contributed by atoms with van der Waals surface area (Å²) in [5, 5.41) is 5.17. The molecule has 2 fully saturated rings. The van der Waals surface area contributed by atoms with Gasteiger partial charge in [-0.05, 0) is 42.7 Å². The van der Waals surface area contributed by atoms with E-state index in [-0.39, 0.29) is 23.0 Å². The van der Waals surface area contributed by atoms with Gasteiger partial charge in [-0.1, -0.05) is 62.4 Å². The number of benzene rings is 2. The number of carbonyl (C=O) groups excluding carboxylic acids is 1. The topological polar surface area (TPSA) is 109 Å². The van der Waals surface area contributed by atoms with Gasteiger partial charge in [0.05, 0.1) is 22.5 Å². The third kappa shape index (κ3) is 3.71. The Kier molecular flexibility index (Phi) is 5.33. The molecular weight excluding hydrogens is 450 g/mol. The molecule has 176 valence electrons. The minimum absolute atomic E-state index is 0.261. The lowest BCUT2D eigenvalue weighted by Crippen LogP contribution is -2.43. The number of rotatable bonds is 5. The zero-order chi connectivity index (χ0) is 24.1. The molecule has 2 bridgehead atoms. The Balaban J connectivity index is 1.52. The molecule has 2 aliphatic carbocycles. The van der Waals surface area contributed by atoms with Crippen molar-refractivity contribution in [3.8, 4) is 11.3 Å². The van der Waals surface area contributed by atoms with Crippen LogP contribution < -0.4 is 5.43 Å². The van der Waals surface area contributed by atoms with Crippen molar-refractivity contribution in [2.45, 2.75) is 33.1 Å². The van der Waals surface area contributed by atoms with Crippen molar-refractivity contribution in [1.82, 2.24) is 10.4 Å². The predicted octanol–water partition coefficient (Wildman–Crippen LogP) is 4.70. The molecule has 0 radical (unpaired) electrons. The van der Waals surface area contributed by atoms with Crippen LogP contribution >= 0.6 is 0 Å². The maximum atomic E-state index is 13.3. The van der Waals surface area contributed by atoms with Crippen LogP contribution in [0.4, 0.5) is 0 Å². The normalized spacial score (nSPS) is 24.6. The van der Waals surface area contributed by atoms with Gasteiger partial charge in [0.25, 0.3) is 16.0 Å². The highest BCUT2D eigenvalue weighted by molar-refractivity contribution is 7.85. The Labute approximate surface area is 199 Å². The van der Waals surface area contributed by atoms with Gasteiger partial charge in [0.2, 0.25) is 0 Å². The van der Waals surface area contributed by atoms with E-state index in [2.05, 4.69) is 10.5 Å². The van der Waals surface area contributed by atoms with Crippen LogP contribution in [-0.2, 0) is 10.1 Å². The van der Waals surface area contributed by atoms with E-state index in [0.717, 1.165) is 12.0 Å². The fraction of sp³-hybridized carbons (Fsp3) is 0.346. The van der Waals surface area contributed by atoms with Crippen molar-refractivity contribution < 1.29 is 17.8 Å². The Morgan fingerprint density at radius 2 is 1.85 bits per heavy atom. The molecule has 1 amide bonds. The van der Waals surface area contributed by atoms with Crippen molar-refractivity contribution in [2.24, 2.45) is 21.8 Å². The van der Waals surface area contributed by atoms with Crippen molar-refractivity contribution in [1.29, 1.82) is 0 Å². The Morgan fingerprint density at radius 1 is 1.15 bits per heavy atom. The molecule has 0 spiro atoms. The van der Waals surface area contributed by atoms with E-state index in [4.69, 9.17) is 4.98 Å². The minimum Gasteiger partial charge on any atom is -0.286 e. The summed E-state index contributed by atoms with van der Waals surface area (Å²) in [5.41, 5.74) is 4.93. The van der Waals surface area contributed by atoms with Gasteiger partial charge in [-0.3, -0.25) is 9.35 Å². The number of hydrogen-bond acceptors (Lipinski definition) is 5. The van der Waals surface area contributed by atoms with Crippen LogP contribution in [0.15, 0.2) is 65.8 Å². The molecule has 2 aliphatic rings. The predicted molar refractivity (Wildman–Crippen MR) is 132 cm³/mol. The van der Waals surface area contributed by atoms with Crippen LogP contribution in [0, 0.1) is 16.7 Å². The second-order valence-electron chi connectivity index (χ2n) is 9.91. The number of fused-ring (bicyclic) bond motifs is 3. The second kappa shape index (κ2) is 7.99. The molecule has 0 saturated heterocycles. The van der Waals surface area contributed by atoms with Gasteiger partial charge in [-0.25, -0.2) is 10.4 Å². The largest absolute Gasteiger partial charge is 0.286 e. The highest BCUT2D eigenvalue weighted by atomic mass is 32.2. The number of amides is 1. The molecule has 1 aromatic heterocycles. The average Bonchev–Trinajstić information content (AvgIpc) is 3.16. The fourth-order valence-electron chi connectivity index (χ4n) is 5.90. The first-order valence-electron chi connectivity index (χ1n) is 11.4. The number of aromatic nitrogens is 1. The third-order valence-corrected chi connectivity index (χ3v) is 8.77. The summed E-state index contributed by atoms with van der Waals surface area (Å²) in [7, 11) is -4.21. The lowest BCUT2D eigenvalue weighted by Gasteiger charge is -2.37. The monoisotopic (exact) mass is 477 g/mol. The van der Waals surface area contributed by atoms with E-state index >= 15 is 0 Å². The summed E-state index contributed by atoms with van der Waals surface area (Å²) in [4.78, 5) is 18.1. The van der Waals surface area contributed by atoms with Gasteiger partial charge in [0.1, 0.15) is 0 Å². The van der Waals surface area contributed by atoms with Gasteiger partial charge in [0, 0.05) is 22.1 Å². The van der Waals surface area contributed by atoms with Crippen LogP contribution in [0.3, 0.4) is 0 Å². The standard InChI is InChI=1S/C26H27N3O4S/c1-25(2)18-12-13-26(25,16-34(31,32)33)23(14-18)28-29-24(30)20-15-22(17-8-4-3-5-9-17)27-21-11-7-6-10-19(20)21/h3-11,15,18H,12-14,16H2,1-2H3,(H,29,30)(H,31,32,33)/b28-23+/t18-,26+/m0/s1. The van der Waals surface area contributed by atoms with E-state index in [1.807, 2.05) is 68.4 Å². The first kappa shape index (κ1) is 22.7. The van der Waals surface area contributed by atoms with Crippen molar-refractivity contribution in [2.75, 3.05) is 5.75 Å².